The fraction of sp³-hybridized carbons (Fsp3) is 0.235. The van der Waals surface area contributed by atoms with E-state index in [1.807, 2.05) is 6.92 Å². The lowest BCUT2D eigenvalue weighted by atomic mass is 10.2. The zero-order chi connectivity index (χ0) is 20.4. The van der Waals surface area contributed by atoms with Crippen LogP contribution in [0, 0.1) is 24.0 Å². The summed E-state index contributed by atoms with van der Waals surface area (Å²) < 4.78 is 8.17. The van der Waals surface area contributed by atoms with Gasteiger partial charge >= 0.3 is 0 Å². The number of anilines is 1. The SMILES string of the molecule is COc1ccc(NC(=O)c2ccn(Cn3nc(C)c(Cl)c3C)n2)c([N+](=O)[O-])c1. The number of hydrogen-bond acceptors (Lipinski definition) is 6. The molecule has 1 aromatic carbocycles. The van der Waals surface area contributed by atoms with Gasteiger partial charge in [-0.25, -0.2) is 4.68 Å². The third kappa shape index (κ3) is 3.81. The summed E-state index contributed by atoms with van der Waals surface area (Å²) in [4.78, 5) is 23.1. The van der Waals surface area contributed by atoms with Crippen LogP contribution < -0.4 is 10.1 Å². The first-order chi connectivity index (χ1) is 13.3. The molecule has 2 heterocycles. The molecule has 0 unspecified atom stereocenters. The number of carbonyl (C=O) groups is 1. The molecule has 3 aromatic rings. The van der Waals surface area contributed by atoms with E-state index in [4.69, 9.17) is 16.3 Å². The monoisotopic (exact) mass is 404 g/mol. The molecule has 28 heavy (non-hydrogen) atoms. The van der Waals surface area contributed by atoms with Crippen LogP contribution in [-0.2, 0) is 6.67 Å². The lowest BCUT2D eigenvalue weighted by molar-refractivity contribution is -0.384. The predicted octanol–water partition coefficient (Wildman–Crippen LogP) is 3.02. The molecule has 11 heteroatoms. The molecule has 0 atom stereocenters. The average Bonchev–Trinajstić information content (AvgIpc) is 3.23. The van der Waals surface area contributed by atoms with Crippen molar-refractivity contribution in [3.05, 3.63) is 62.7 Å². The number of carbonyl (C=O) groups excluding carboxylic acids is 1. The van der Waals surface area contributed by atoms with Crippen molar-refractivity contribution in [2.45, 2.75) is 20.5 Å². The molecule has 1 N–H and O–H groups in total. The van der Waals surface area contributed by atoms with Crippen molar-refractivity contribution in [3.8, 4) is 5.75 Å². The Balaban J connectivity index is 1.78. The predicted molar refractivity (Wildman–Crippen MR) is 102 cm³/mol. The average molecular weight is 405 g/mol. The quantitative estimate of drug-likeness (QED) is 0.498. The first-order valence-corrected chi connectivity index (χ1v) is 8.54. The van der Waals surface area contributed by atoms with E-state index in [-0.39, 0.29) is 23.7 Å². The second-order valence-corrected chi connectivity index (χ2v) is 6.34. The Hall–Kier alpha value is -3.40. The van der Waals surface area contributed by atoms with Crippen molar-refractivity contribution in [2.24, 2.45) is 0 Å². The number of ether oxygens (including phenoxy) is 1. The Bertz CT molecular complexity index is 1060. The second-order valence-electron chi connectivity index (χ2n) is 5.96. The van der Waals surface area contributed by atoms with E-state index < -0.39 is 10.8 Å². The standard InChI is InChI=1S/C17H17ClN6O4/c1-10-16(18)11(2)23(20-10)9-22-7-6-14(21-22)17(25)19-13-5-4-12(28-3)8-15(13)24(26)27/h4-8H,9H2,1-3H3,(H,19,25). The number of halogens is 1. The summed E-state index contributed by atoms with van der Waals surface area (Å²) in [7, 11) is 1.40. The molecule has 0 spiro atoms. The van der Waals surface area contributed by atoms with Gasteiger partial charge in [-0.05, 0) is 32.0 Å². The number of nitro benzene ring substituents is 1. The van der Waals surface area contributed by atoms with Crippen molar-refractivity contribution in [1.29, 1.82) is 0 Å². The lowest BCUT2D eigenvalue weighted by Gasteiger charge is -2.07. The van der Waals surface area contributed by atoms with E-state index in [2.05, 4.69) is 15.5 Å². The van der Waals surface area contributed by atoms with Gasteiger partial charge in [-0.15, -0.1) is 0 Å². The van der Waals surface area contributed by atoms with Crippen LogP contribution in [0.2, 0.25) is 5.02 Å². The van der Waals surface area contributed by atoms with E-state index >= 15 is 0 Å². The van der Waals surface area contributed by atoms with Crippen LogP contribution in [0.5, 0.6) is 5.75 Å². The highest BCUT2D eigenvalue weighted by atomic mass is 35.5. The van der Waals surface area contributed by atoms with Crippen LogP contribution in [0.15, 0.2) is 30.5 Å². The number of aromatic nitrogens is 4. The minimum absolute atomic E-state index is 0.0516. The first kappa shape index (κ1) is 19.4. The molecule has 0 aliphatic carbocycles. The van der Waals surface area contributed by atoms with Gasteiger partial charge in [-0.2, -0.15) is 10.2 Å². The first-order valence-electron chi connectivity index (χ1n) is 8.17. The summed E-state index contributed by atoms with van der Waals surface area (Å²) in [5.41, 5.74) is 1.38. The van der Waals surface area contributed by atoms with Crippen molar-refractivity contribution < 1.29 is 14.5 Å². The topological polar surface area (TPSA) is 117 Å². The summed E-state index contributed by atoms with van der Waals surface area (Å²) in [6, 6.07) is 5.68. The van der Waals surface area contributed by atoms with Crippen LogP contribution in [-0.4, -0.2) is 37.5 Å². The second kappa shape index (κ2) is 7.69. The number of amides is 1. The van der Waals surface area contributed by atoms with Gasteiger partial charge in [0, 0.05) is 6.20 Å². The summed E-state index contributed by atoms with van der Waals surface area (Å²) in [6.07, 6.45) is 1.61. The normalized spacial score (nSPS) is 10.7. The number of methoxy groups -OCH3 is 1. The number of benzene rings is 1. The van der Waals surface area contributed by atoms with E-state index in [0.717, 1.165) is 5.69 Å². The number of hydrogen-bond donors (Lipinski definition) is 1. The summed E-state index contributed by atoms with van der Waals surface area (Å²) >= 11 is 6.13. The lowest BCUT2D eigenvalue weighted by Crippen LogP contribution is -2.16. The molecule has 0 saturated heterocycles. The molecule has 3 rings (SSSR count). The highest BCUT2D eigenvalue weighted by Crippen LogP contribution is 2.29. The fourth-order valence-corrected chi connectivity index (χ4v) is 2.73. The van der Waals surface area contributed by atoms with E-state index in [1.54, 1.807) is 17.8 Å². The zero-order valence-corrected chi connectivity index (χ0v) is 16.1. The number of aryl methyl sites for hydroxylation is 1. The molecular formula is C17H17ClN6O4. The molecule has 10 nitrogen and oxygen atoms in total. The minimum atomic E-state index is -0.594. The Morgan fingerprint density at radius 2 is 2.07 bits per heavy atom. The summed E-state index contributed by atoms with van der Waals surface area (Å²) in [5.74, 6) is -0.254. The van der Waals surface area contributed by atoms with Crippen molar-refractivity contribution >= 4 is 28.9 Å². The van der Waals surface area contributed by atoms with Crippen LogP contribution in [0.25, 0.3) is 0 Å². The minimum Gasteiger partial charge on any atom is -0.496 e. The summed E-state index contributed by atoms with van der Waals surface area (Å²) in [5, 5.41) is 22.8. The van der Waals surface area contributed by atoms with Gasteiger partial charge in [0.2, 0.25) is 0 Å². The van der Waals surface area contributed by atoms with Crippen LogP contribution in [0.3, 0.4) is 0 Å². The van der Waals surface area contributed by atoms with Crippen LogP contribution in [0.4, 0.5) is 11.4 Å². The molecule has 0 aliphatic rings. The molecule has 0 radical (unpaired) electrons. The van der Waals surface area contributed by atoms with Gasteiger partial charge < -0.3 is 10.1 Å². The molecule has 0 aliphatic heterocycles. The number of nitro groups is 1. The maximum absolute atomic E-state index is 12.4. The molecule has 2 aromatic heterocycles. The third-order valence-corrected chi connectivity index (χ3v) is 4.64. The molecule has 0 bridgehead atoms. The Kier molecular flexibility index (Phi) is 5.32. The van der Waals surface area contributed by atoms with E-state index in [1.165, 1.54) is 36.1 Å². The van der Waals surface area contributed by atoms with Gasteiger partial charge in [0.15, 0.2) is 5.69 Å². The maximum Gasteiger partial charge on any atom is 0.296 e. The number of rotatable bonds is 6. The van der Waals surface area contributed by atoms with Gasteiger partial charge in [0.05, 0.1) is 34.5 Å². The molecule has 146 valence electrons. The highest BCUT2D eigenvalue weighted by molar-refractivity contribution is 6.31. The molecule has 0 fully saturated rings. The van der Waals surface area contributed by atoms with Crippen molar-refractivity contribution in [3.63, 3.8) is 0 Å². The van der Waals surface area contributed by atoms with Gasteiger partial charge in [0.25, 0.3) is 11.6 Å². The van der Waals surface area contributed by atoms with E-state index in [0.29, 0.717) is 16.5 Å². The molecule has 1 amide bonds. The number of nitrogens with zero attached hydrogens (tertiary/aromatic N) is 5. The Morgan fingerprint density at radius 3 is 2.68 bits per heavy atom. The third-order valence-electron chi connectivity index (χ3n) is 4.10. The molecule has 0 saturated carbocycles. The zero-order valence-electron chi connectivity index (χ0n) is 15.3. The highest BCUT2D eigenvalue weighted by Gasteiger charge is 2.19. The van der Waals surface area contributed by atoms with Crippen molar-refractivity contribution in [2.75, 3.05) is 12.4 Å². The largest absolute Gasteiger partial charge is 0.496 e. The van der Waals surface area contributed by atoms with Gasteiger partial charge in [-0.1, -0.05) is 11.6 Å². The van der Waals surface area contributed by atoms with Crippen LogP contribution in [0.1, 0.15) is 21.9 Å². The Labute approximate surface area is 164 Å². The summed E-state index contributed by atoms with van der Waals surface area (Å²) in [6.45, 7) is 3.91. The molecular weight excluding hydrogens is 388 g/mol. The maximum atomic E-state index is 12.4. The number of nitrogens with one attached hydrogen (secondary N) is 1. The smallest absolute Gasteiger partial charge is 0.296 e. The van der Waals surface area contributed by atoms with Gasteiger partial charge in [0.1, 0.15) is 18.1 Å². The van der Waals surface area contributed by atoms with Crippen molar-refractivity contribution in [1.82, 2.24) is 19.6 Å². The fourth-order valence-electron chi connectivity index (χ4n) is 2.59. The van der Waals surface area contributed by atoms with E-state index in [9.17, 15) is 14.9 Å². The van der Waals surface area contributed by atoms with Gasteiger partial charge in [-0.3, -0.25) is 19.6 Å². The van der Waals surface area contributed by atoms with Crippen LogP contribution >= 0.6 is 11.6 Å². The Morgan fingerprint density at radius 1 is 1.32 bits per heavy atom.